The van der Waals surface area contributed by atoms with Crippen LogP contribution in [0.5, 0.6) is 11.5 Å². The molecule has 3 rings (SSSR count). The van der Waals surface area contributed by atoms with E-state index in [0.29, 0.717) is 30.3 Å². The summed E-state index contributed by atoms with van der Waals surface area (Å²) in [6.45, 7) is 5.04. The molecule has 2 aromatic rings. The van der Waals surface area contributed by atoms with Gasteiger partial charge in [-0.15, -0.1) is 0 Å². The van der Waals surface area contributed by atoms with Crippen molar-refractivity contribution in [3.8, 4) is 11.5 Å². The van der Waals surface area contributed by atoms with Gasteiger partial charge in [0.1, 0.15) is 0 Å². The smallest absolute Gasteiger partial charge is 0.321 e. The van der Waals surface area contributed by atoms with Crippen molar-refractivity contribution in [3.63, 3.8) is 0 Å². The summed E-state index contributed by atoms with van der Waals surface area (Å²) in [5, 5.41) is 2.93. The molecular formula is C18H25N5O3. The van der Waals surface area contributed by atoms with Gasteiger partial charge >= 0.3 is 6.03 Å². The first-order valence-corrected chi connectivity index (χ1v) is 8.65. The van der Waals surface area contributed by atoms with E-state index in [1.165, 1.54) is 0 Å². The number of carbonyl (C=O) groups is 1. The number of hydrogen-bond acceptors (Lipinski definition) is 5. The van der Waals surface area contributed by atoms with Crippen LogP contribution in [0.1, 0.15) is 0 Å². The Bertz CT molecular complexity index is 712. The van der Waals surface area contributed by atoms with Gasteiger partial charge in [-0.1, -0.05) is 0 Å². The minimum atomic E-state index is -0.0912. The van der Waals surface area contributed by atoms with Crippen LogP contribution in [0.15, 0.2) is 36.9 Å². The van der Waals surface area contributed by atoms with Gasteiger partial charge in [-0.2, -0.15) is 0 Å². The zero-order valence-corrected chi connectivity index (χ0v) is 15.2. The molecule has 0 unspecified atom stereocenters. The lowest BCUT2D eigenvalue weighted by atomic mass is 10.2. The predicted molar refractivity (Wildman–Crippen MR) is 98.8 cm³/mol. The van der Waals surface area contributed by atoms with Gasteiger partial charge in [-0.3, -0.25) is 4.90 Å². The Hall–Kier alpha value is -2.74. The number of carbonyl (C=O) groups excluding carboxylic acids is 1. The molecule has 0 radical (unpaired) electrons. The average Bonchev–Trinajstić information content (AvgIpc) is 3.20. The summed E-state index contributed by atoms with van der Waals surface area (Å²) in [4.78, 5) is 20.7. The number of urea groups is 1. The normalized spacial score (nSPS) is 14.9. The van der Waals surface area contributed by atoms with E-state index in [9.17, 15) is 4.79 Å². The summed E-state index contributed by atoms with van der Waals surface area (Å²) in [6.07, 6.45) is 5.58. The lowest BCUT2D eigenvalue weighted by Gasteiger charge is -2.34. The van der Waals surface area contributed by atoms with Crippen LogP contribution < -0.4 is 14.8 Å². The van der Waals surface area contributed by atoms with E-state index in [2.05, 4.69) is 19.8 Å². The van der Waals surface area contributed by atoms with Crippen molar-refractivity contribution in [1.29, 1.82) is 0 Å². The molecule has 0 aliphatic carbocycles. The van der Waals surface area contributed by atoms with Gasteiger partial charge in [-0.05, 0) is 12.1 Å². The highest BCUT2D eigenvalue weighted by Gasteiger charge is 2.21. The molecule has 1 N–H and O–H groups in total. The number of amides is 2. The molecule has 1 aliphatic rings. The molecule has 26 heavy (non-hydrogen) atoms. The van der Waals surface area contributed by atoms with E-state index in [-0.39, 0.29) is 6.03 Å². The fraction of sp³-hybridized carbons (Fsp3) is 0.444. The number of imidazole rings is 1. The first-order chi connectivity index (χ1) is 12.7. The largest absolute Gasteiger partial charge is 0.493 e. The maximum Gasteiger partial charge on any atom is 0.321 e. The Morgan fingerprint density at radius 3 is 2.54 bits per heavy atom. The summed E-state index contributed by atoms with van der Waals surface area (Å²) >= 11 is 0. The van der Waals surface area contributed by atoms with E-state index in [4.69, 9.17) is 9.47 Å². The lowest BCUT2D eigenvalue weighted by molar-refractivity contribution is 0.144. The molecule has 2 amide bonds. The van der Waals surface area contributed by atoms with E-state index in [1.807, 2.05) is 17.4 Å². The maximum atomic E-state index is 12.5. The fourth-order valence-electron chi connectivity index (χ4n) is 2.97. The van der Waals surface area contributed by atoms with Crippen LogP contribution in [0.4, 0.5) is 10.5 Å². The van der Waals surface area contributed by atoms with Crippen molar-refractivity contribution in [3.05, 3.63) is 36.9 Å². The van der Waals surface area contributed by atoms with E-state index in [0.717, 1.165) is 26.2 Å². The fourth-order valence-corrected chi connectivity index (χ4v) is 2.97. The van der Waals surface area contributed by atoms with Crippen molar-refractivity contribution >= 4 is 11.7 Å². The summed E-state index contributed by atoms with van der Waals surface area (Å²) in [5.74, 6) is 1.23. The third kappa shape index (κ3) is 4.45. The molecule has 0 bridgehead atoms. The van der Waals surface area contributed by atoms with Gasteiger partial charge in [0.05, 0.1) is 20.5 Å². The van der Waals surface area contributed by atoms with E-state index in [1.54, 1.807) is 38.6 Å². The zero-order chi connectivity index (χ0) is 18.4. The SMILES string of the molecule is COc1ccc(NC(=O)N2CCN(CCn3ccnc3)CC2)cc1OC. The number of nitrogens with zero attached hydrogens (tertiary/aromatic N) is 4. The van der Waals surface area contributed by atoms with Crippen LogP contribution in [0.25, 0.3) is 0 Å². The van der Waals surface area contributed by atoms with Gasteiger partial charge in [0.25, 0.3) is 0 Å². The summed E-state index contributed by atoms with van der Waals surface area (Å²) in [5.41, 5.74) is 0.690. The molecule has 0 spiro atoms. The molecule has 1 saturated heterocycles. The summed E-state index contributed by atoms with van der Waals surface area (Å²) in [6, 6.07) is 5.26. The molecule has 140 valence electrons. The number of ether oxygens (including phenoxy) is 2. The highest BCUT2D eigenvalue weighted by molar-refractivity contribution is 5.89. The average molecular weight is 359 g/mol. The van der Waals surface area contributed by atoms with Crippen molar-refractivity contribution in [2.75, 3.05) is 52.3 Å². The van der Waals surface area contributed by atoms with Crippen molar-refractivity contribution in [2.45, 2.75) is 6.54 Å². The van der Waals surface area contributed by atoms with Crippen LogP contribution in [-0.2, 0) is 6.54 Å². The van der Waals surface area contributed by atoms with Gasteiger partial charge < -0.3 is 24.3 Å². The number of methoxy groups -OCH3 is 2. The number of rotatable bonds is 6. The van der Waals surface area contributed by atoms with Crippen molar-refractivity contribution < 1.29 is 14.3 Å². The third-order valence-electron chi connectivity index (χ3n) is 4.53. The predicted octanol–water partition coefficient (Wildman–Crippen LogP) is 1.75. The first kappa shape index (κ1) is 18.1. The molecule has 1 aromatic heterocycles. The minimum absolute atomic E-state index is 0.0912. The quantitative estimate of drug-likeness (QED) is 0.851. The number of piperazine rings is 1. The highest BCUT2D eigenvalue weighted by Crippen LogP contribution is 2.29. The Morgan fingerprint density at radius 2 is 1.88 bits per heavy atom. The number of aromatic nitrogens is 2. The lowest BCUT2D eigenvalue weighted by Crippen LogP contribution is -2.50. The molecule has 1 fully saturated rings. The summed E-state index contributed by atoms with van der Waals surface area (Å²) in [7, 11) is 3.16. The van der Waals surface area contributed by atoms with Crippen LogP contribution in [0.2, 0.25) is 0 Å². The topological polar surface area (TPSA) is 71.9 Å². The molecule has 1 aliphatic heterocycles. The van der Waals surface area contributed by atoms with Gasteiger partial charge in [0.15, 0.2) is 11.5 Å². The molecule has 0 saturated carbocycles. The second-order valence-electron chi connectivity index (χ2n) is 6.13. The summed E-state index contributed by atoms with van der Waals surface area (Å²) < 4.78 is 12.6. The highest BCUT2D eigenvalue weighted by atomic mass is 16.5. The zero-order valence-electron chi connectivity index (χ0n) is 15.2. The molecule has 1 aromatic carbocycles. The third-order valence-corrected chi connectivity index (χ3v) is 4.53. The standard InChI is InChI=1S/C18H25N5O3/c1-25-16-4-3-15(13-17(16)26-2)20-18(24)23-11-9-21(10-12-23)7-8-22-6-5-19-14-22/h3-6,13-14H,7-12H2,1-2H3,(H,20,24). The van der Waals surface area contributed by atoms with Crippen molar-refractivity contribution in [2.24, 2.45) is 0 Å². The van der Waals surface area contributed by atoms with E-state index >= 15 is 0 Å². The molecular weight excluding hydrogens is 334 g/mol. The van der Waals surface area contributed by atoms with Crippen LogP contribution in [0.3, 0.4) is 0 Å². The van der Waals surface area contributed by atoms with Gasteiger partial charge in [-0.25, -0.2) is 9.78 Å². The number of hydrogen-bond donors (Lipinski definition) is 1. The molecule has 0 atom stereocenters. The monoisotopic (exact) mass is 359 g/mol. The molecule has 2 heterocycles. The van der Waals surface area contributed by atoms with Crippen LogP contribution in [0, 0.1) is 0 Å². The molecule has 8 heteroatoms. The first-order valence-electron chi connectivity index (χ1n) is 8.65. The Labute approximate surface area is 153 Å². The van der Waals surface area contributed by atoms with Crippen molar-refractivity contribution in [1.82, 2.24) is 19.4 Å². The second kappa shape index (κ2) is 8.57. The maximum absolute atomic E-state index is 12.5. The van der Waals surface area contributed by atoms with Gasteiger partial charge in [0, 0.05) is 63.4 Å². The number of benzene rings is 1. The second-order valence-corrected chi connectivity index (χ2v) is 6.13. The Balaban J connectivity index is 1.47. The van der Waals surface area contributed by atoms with Crippen LogP contribution in [-0.4, -0.2) is 72.3 Å². The molecule has 8 nitrogen and oxygen atoms in total. The minimum Gasteiger partial charge on any atom is -0.493 e. The van der Waals surface area contributed by atoms with Crippen LogP contribution >= 0.6 is 0 Å². The Kier molecular flexibility index (Phi) is 5.96. The number of nitrogens with one attached hydrogen (secondary N) is 1. The van der Waals surface area contributed by atoms with Gasteiger partial charge in [0.2, 0.25) is 0 Å². The van der Waals surface area contributed by atoms with E-state index < -0.39 is 0 Å². The number of anilines is 1. The Morgan fingerprint density at radius 1 is 1.12 bits per heavy atom.